The van der Waals surface area contributed by atoms with E-state index in [1.54, 1.807) is 0 Å². The lowest BCUT2D eigenvalue weighted by atomic mass is 9.53. The Labute approximate surface area is 184 Å². The van der Waals surface area contributed by atoms with Gasteiger partial charge in [-0.25, -0.2) is 4.79 Å². The monoisotopic (exact) mass is 422 g/mol. The molecule has 4 aliphatic rings. The molecule has 1 aromatic heterocycles. The highest BCUT2D eigenvalue weighted by Gasteiger charge is 2.51. The van der Waals surface area contributed by atoms with Crippen molar-refractivity contribution in [3.05, 3.63) is 36.5 Å². The summed E-state index contributed by atoms with van der Waals surface area (Å²) in [6, 6.07) is 10.3. The lowest BCUT2D eigenvalue weighted by Gasteiger charge is -2.56. The van der Waals surface area contributed by atoms with Crippen molar-refractivity contribution in [1.82, 2.24) is 20.5 Å². The summed E-state index contributed by atoms with van der Waals surface area (Å²) in [5, 5.41) is 10.4. The minimum absolute atomic E-state index is 0.00697. The van der Waals surface area contributed by atoms with Crippen LogP contribution in [0, 0.1) is 17.8 Å². The third kappa shape index (κ3) is 4.58. The van der Waals surface area contributed by atoms with Gasteiger partial charge in [0.05, 0.1) is 0 Å². The molecule has 3 amide bonds. The summed E-state index contributed by atoms with van der Waals surface area (Å²) in [5.74, 6) is 2.41. The van der Waals surface area contributed by atoms with E-state index in [0.717, 1.165) is 50.0 Å². The standard InChI is InChI=1S/C25H34N4O2/c30-23(26-8-3-10-29-11-7-21-4-1-2-5-22(21)29)6-9-27-24(31)28-25-15-18-12-19(16-25)14-20(13-18)17-25/h1-2,4-5,7,11,18-20H,3,6,8-10,12-17H2,(H,26,30)(H2,27,28,31). The zero-order valence-corrected chi connectivity index (χ0v) is 18.2. The lowest BCUT2D eigenvalue weighted by molar-refractivity contribution is -0.120. The number of benzene rings is 1. The molecule has 166 valence electrons. The minimum atomic E-state index is -0.103. The molecule has 0 radical (unpaired) electrons. The van der Waals surface area contributed by atoms with Crippen LogP contribution in [0.4, 0.5) is 4.79 Å². The van der Waals surface area contributed by atoms with Crippen molar-refractivity contribution in [2.24, 2.45) is 17.8 Å². The van der Waals surface area contributed by atoms with Gasteiger partial charge in [-0.05, 0) is 80.2 Å². The summed E-state index contributed by atoms with van der Waals surface area (Å²) in [7, 11) is 0. The summed E-state index contributed by atoms with van der Waals surface area (Å²) < 4.78 is 2.22. The maximum absolute atomic E-state index is 12.5. The fourth-order valence-electron chi connectivity index (χ4n) is 6.74. The second kappa shape index (κ2) is 8.56. The Morgan fingerprint density at radius 2 is 1.65 bits per heavy atom. The van der Waals surface area contributed by atoms with Crippen LogP contribution in [0.15, 0.2) is 36.5 Å². The average Bonchev–Trinajstić information content (AvgIpc) is 3.13. The van der Waals surface area contributed by atoms with Crippen molar-refractivity contribution in [2.75, 3.05) is 13.1 Å². The first-order chi connectivity index (χ1) is 15.1. The van der Waals surface area contributed by atoms with E-state index in [1.807, 2.05) is 12.1 Å². The number of amides is 3. The molecule has 0 spiro atoms. The highest BCUT2D eigenvalue weighted by Crippen LogP contribution is 2.55. The maximum atomic E-state index is 12.5. The van der Waals surface area contributed by atoms with Gasteiger partial charge in [-0.1, -0.05) is 18.2 Å². The Hall–Kier alpha value is -2.50. The molecule has 0 saturated heterocycles. The molecule has 6 nitrogen and oxygen atoms in total. The normalized spacial score (nSPS) is 28.6. The molecule has 2 aromatic rings. The van der Waals surface area contributed by atoms with Crippen LogP contribution in [0.25, 0.3) is 10.9 Å². The quantitative estimate of drug-likeness (QED) is 0.566. The van der Waals surface area contributed by atoms with Gasteiger partial charge >= 0.3 is 6.03 Å². The van der Waals surface area contributed by atoms with Crippen LogP contribution in [-0.2, 0) is 11.3 Å². The third-order valence-corrected chi connectivity index (χ3v) is 7.63. The van der Waals surface area contributed by atoms with E-state index in [-0.39, 0.29) is 17.5 Å². The molecule has 4 saturated carbocycles. The first kappa shape index (κ1) is 20.4. The van der Waals surface area contributed by atoms with Crippen molar-refractivity contribution < 1.29 is 9.59 Å². The molecule has 4 bridgehead atoms. The molecule has 4 fully saturated rings. The van der Waals surface area contributed by atoms with Crippen molar-refractivity contribution >= 4 is 22.8 Å². The summed E-state index contributed by atoms with van der Waals surface area (Å²) >= 11 is 0. The SMILES string of the molecule is O=C(CCNC(=O)NC12CC3CC(CC(C3)C1)C2)NCCCn1ccc2ccccc21. The Kier molecular flexibility index (Phi) is 5.63. The molecule has 3 N–H and O–H groups in total. The number of hydrogen-bond donors (Lipinski definition) is 3. The first-order valence-corrected chi connectivity index (χ1v) is 12.0. The molecule has 6 rings (SSSR count). The number of urea groups is 1. The van der Waals surface area contributed by atoms with Crippen LogP contribution in [0.1, 0.15) is 51.4 Å². The number of nitrogens with one attached hydrogen (secondary N) is 3. The molecule has 0 atom stereocenters. The summed E-state index contributed by atoms with van der Waals surface area (Å²) in [6.45, 7) is 1.90. The van der Waals surface area contributed by atoms with Crippen LogP contribution >= 0.6 is 0 Å². The predicted molar refractivity (Wildman–Crippen MR) is 122 cm³/mol. The zero-order chi connectivity index (χ0) is 21.3. The summed E-state index contributed by atoms with van der Waals surface area (Å²) in [4.78, 5) is 24.6. The van der Waals surface area contributed by atoms with E-state index in [1.165, 1.54) is 30.2 Å². The molecular weight excluding hydrogens is 388 g/mol. The maximum Gasteiger partial charge on any atom is 0.315 e. The third-order valence-electron chi connectivity index (χ3n) is 7.63. The number of para-hydroxylation sites is 1. The van der Waals surface area contributed by atoms with Crippen LogP contribution in [0.5, 0.6) is 0 Å². The van der Waals surface area contributed by atoms with Gasteiger partial charge in [0.25, 0.3) is 0 Å². The van der Waals surface area contributed by atoms with Crippen molar-refractivity contribution in [1.29, 1.82) is 0 Å². The van der Waals surface area contributed by atoms with Crippen molar-refractivity contribution in [3.8, 4) is 0 Å². The molecule has 31 heavy (non-hydrogen) atoms. The minimum Gasteiger partial charge on any atom is -0.356 e. The van der Waals surface area contributed by atoms with Gasteiger partial charge in [-0.15, -0.1) is 0 Å². The van der Waals surface area contributed by atoms with E-state index in [0.29, 0.717) is 19.5 Å². The molecule has 0 aliphatic heterocycles. The second-order valence-corrected chi connectivity index (χ2v) is 10.1. The number of rotatable bonds is 8. The lowest BCUT2D eigenvalue weighted by Crippen LogP contribution is -2.61. The number of carbonyl (C=O) groups is 2. The van der Waals surface area contributed by atoms with Crippen LogP contribution in [0.3, 0.4) is 0 Å². The van der Waals surface area contributed by atoms with Gasteiger partial charge in [-0.3, -0.25) is 4.79 Å². The topological polar surface area (TPSA) is 75.2 Å². The fourth-order valence-corrected chi connectivity index (χ4v) is 6.74. The van der Waals surface area contributed by atoms with Gasteiger partial charge in [0, 0.05) is 43.3 Å². The smallest absolute Gasteiger partial charge is 0.315 e. The van der Waals surface area contributed by atoms with Gasteiger partial charge in [0.2, 0.25) is 5.91 Å². The Morgan fingerprint density at radius 1 is 0.935 bits per heavy atom. The van der Waals surface area contributed by atoms with E-state index in [4.69, 9.17) is 0 Å². The fraction of sp³-hybridized carbons (Fsp3) is 0.600. The number of hydrogen-bond acceptors (Lipinski definition) is 2. The Morgan fingerprint density at radius 3 is 2.39 bits per heavy atom. The number of aromatic nitrogens is 1. The average molecular weight is 423 g/mol. The van der Waals surface area contributed by atoms with E-state index >= 15 is 0 Å². The summed E-state index contributed by atoms with van der Waals surface area (Å²) in [6.07, 6.45) is 10.8. The van der Waals surface area contributed by atoms with Gasteiger partial charge in [0.15, 0.2) is 0 Å². The van der Waals surface area contributed by atoms with Crippen LogP contribution < -0.4 is 16.0 Å². The van der Waals surface area contributed by atoms with Crippen LogP contribution in [0.2, 0.25) is 0 Å². The van der Waals surface area contributed by atoms with Crippen molar-refractivity contribution in [3.63, 3.8) is 0 Å². The predicted octanol–water partition coefficient (Wildman–Crippen LogP) is 3.81. The van der Waals surface area contributed by atoms with Gasteiger partial charge in [0.1, 0.15) is 0 Å². The highest BCUT2D eigenvalue weighted by atomic mass is 16.2. The van der Waals surface area contributed by atoms with Crippen molar-refractivity contribution in [2.45, 2.75) is 63.5 Å². The molecule has 6 heteroatoms. The zero-order valence-electron chi connectivity index (χ0n) is 18.2. The Balaban J connectivity index is 0.982. The van der Waals surface area contributed by atoms with E-state index in [2.05, 4.69) is 44.9 Å². The molecule has 1 heterocycles. The van der Waals surface area contributed by atoms with E-state index < -0.39 is 0 Å². The van der Waals surface area contributed by atoms with Crippen LogP contribution in [-0.4, -0.2) is 35.1 Å². The van der Waals surface area contributed by atoms with Gasteiger partial charge < -0.3 is 20.5 Å². The second-order valence-electron chi connectivity index (χ2n) is 10.1. The largest absolute Gasteiger partial charge is 0.356 e. The van der Waals surface area contributed by atoms with E-state index in [9.17, 15) is 9.59 Å². The summed E-state index contributed by atoms with van der Waals surface area (Å²) in [5.41, 5.74) is 1.24. The van der Waals surface area contributed by atoms with Gasteiger partial charge in [-0.2, -0.15) is 0 Å². The number of nitrogens with zero attached hydrogens (tertiary/aromatic N) is 1. The number of aryl methyl sites for hydroxylation is 1. The Bertz CT molecular complexity index is 915. The number of carbonyl (C=O) groups excluding carboxylic acids is 2. The first-order valence-electron chi connectivity index (χ1n) is 12.0. The molecule has 0 unspecified atom stereocenters. The molecule has 4 aliphatic carbocycles. The number of fused-ring (bicyclic) bond motifs is 1. The highest BCUT2D eigenvalue weighted by molar-refractivity contribution is 5.80. The molecular formula is C25H34N4O2. The molecule has 1 aromatic carbocycles.